The van der Waals surface area contributed by atoms with Gasteiger partial charge in [-0.15, -0.1) is 0 Å². The zero-order chi connectivity index (χ0) is 11.4. The lowest BCUT2D eigenvalue weighted by Gasteiger charge is -2.04. The van der Waals surface area contributed by atoms with E-state index in [0.29, 0.717) is 6.54 Å². The Bertz CT molecular complexity index is 425. The molecule has 15 heavy (non-hydrogen) atoms. The summed E-state index contributed by atoms with van der Waals surface area (Å²) in [5.74, 6) is -0.784. The van der Waals surface area contributed by atoms with Crippen molar-refractivity contribution in [2.45, 2.75) is 13.5 Å². The lowest BCUT2D eigenvalue weighted by atomic mass is 10.5. The monoisotopic (exact) mass is 212 g/mol. The standard InChI is InChI=1S/C9H13FN4O/c1-4-14-5-7(10)8(12-9(14)15)11-6-13(2)3/h5-6H,4H2,1-3H3/b11-6+. The Morgan fingerprint density at radius 1 is 1.67 bits per heavy atom. The van der Waals surface area contributed by atoms with Crippen LogP contribution < -0.4 is 5.69 Å². The molecule has 0 saturated heterocycles. The summed E-state index contributed by atoms with van der Waals surface area (Å²) in [6, 6.07) is 0. The fraction of sp³-hybridized carbons (Fsp3) is 0.444. The minimum absolute atomic E-state index is 0.182. The minimum Gasteiger partial charge on any atom is -0.369 e. The molecule has 0 saturated carbocycles. The lowest BCUT2D eigenvalue weighted by Crippen LogP contribution is -2.22. The van der Waals surface area contributed by atoms with E-state index in [-0.39, 0.29) is 5.82 Å². The highest BCUT2D eigenvalue weighted by Gasteiger charge is 2.05. The van der Waals surface area contributed by atoms with E-state index >= 15 is 0 Å². The number of halogens is 1. The van der Waals surface area contributed by atoms with Crippen LogP contribution in [0.4, 0.5) is 10.2 Å². The van der Waals surface area contributed by atoms with Gasteiger partial charge in [0.15, 0.2) is 11.6 Å². The number of aryl methyl sites for hydroxylation is 1. The number of aliphatic imine (C=N–C) groups is 1. The van der Waals surface area contributed by atoms with E-state index in [1.165, 1.54) is 10.9 Å². The average molecular weight is 212 g/mol. The summed E-state index contributed by atoms with van der Waals surface area (Å²) >= 11 is 0. The quantitative estimate of drug-likeness (QED) is 0.545. The van der Waals surface area contributed by atoms with Gasteiger partial charge in [-0.05, 0) is 6.92 Å². The first-order chi connectivity index (χ1) is 7.04. The van der Waals surface area contributed by atoms with Gasteiger partial charge < -0.3 is 4.90 Å². The van der Waals surface area contributed by atoms with Gasteiger partial charge in [0, 0.05) is 26.8 Å². The maximum absolute atomic E-state index is 13.3. The zero-order valence-corrected chi connectivity index (χ0v) is 8.94. The van der Waals surface area contributed by atoms with E-state index in [1.54, 1.807) is 25.9 Å². The van der Waals surface area contributed by atoms with Crippen LogP contribution in [-0.4, -0.2) is 34.9 Å². The average Bonchev–Trinajstić information content (AvgIpc) is 2.18. The molecule has 0 radical (unpaired) electrons. The van der Waals surface area contributed by atoms with E-state index in [0.717, 1.165) is 6.20 Å². The molecule has 0 fully saturated rings. The smallest absolute Gasteiger partial charge is 0.349 e. The Morgan fingerprint density at radius 2 is 2.33 bits per heavy atom. The molecule has 1 aromatic heterocycles. The summed E-state index contributed by atoms with van der Waals surface area (Å²) < 4.78 is 14.5. The fourth-order valence-corrected chi connectivity index (χ4v) is 0.945. The molecule has 0 aliphatic carbocycles. The van der Waals surface area contributed by atoms with Crippen LogP contribution >= 0.6 is 0 Å². The topological polar surface area (TPSA) is 50.5 Å². The first-order valence-electron chi connectivity index (χ1n) is 4.52. The minimum atomic E-state index is -0.602. The Hall–Kier alpha value is -1.72. The SMILES string of the molecule is CCn1cc(F)c(/N=C/N(C)C)nc1=O. The summed E-state index contributed by atoms with van der Waals surface area (Å²) in [4.78, 5) is 20.2. The molecule has 0 atom stereocenters. The molecular weight excluding hydrogens is 199 g/mol. The molecule has 1 heterocycles. The molecule has 0 bridgehead atoms. The molecule has 0 N–H and O–H groups in total. The van der Waals surface area contributed by atoms with Crippen molar-refractivity contribution in [2.24, 2.45) is 4.99 Å². The molecular formula is C9H13FN4O. The highest BCUT2D eigenvalue weighted by Crippen LogP contribution is 2.09. The van der Waals surface area contributed by atoms with E-state index in [2.05, 4.69) is 9.98 Å². The number of hydrogen-bond donors (Lipinski definition) is 0. The summed E-state index contributed by atoms with van der Waals surface area (Å²) in [6.45, 7) is 2.13. The summed E-state index contributed by atoms with van der Waals surface area (Å²) in [7, 11) is 3.49. The van der Waals surface area contributed by atoms with Crippen LogP contribution in [0.25, 0.3) is 0 Å². The van der Waals surface area contributed by atoms with Crippen molar-refractivity contribution in [1.29, 1.82) is 0 Å². The van der Waals surface area contributed by atoms with Crippen LogP contribution in [0.5, 0.6) is 0 Å². The Labute approximate surface area is 86.9 Å². The maximum atomic E-state index is 13.3. The molecule has 5 nitrogen and oxygen atoms in total. The van der Waals surface area contributed by atoms with Gasteiger partial charge in [-0.1, -0.05) is 0 Å². The number of rotatable bonds is 3. The Morgan fingerprint density at radius 3 is 2.87 bits per heavy atom. The molecule has 0 unspecified atom stereocenters. The van der Waals surface area contributed by atoms with Crippen molar-refractivity contribution in [3.8, 4) is 0 Å². The molecule has 0 aliphatic heterocycles. The van der Waals surface area contributed by atoms with Gasteiger partial charge in [-0.25, -0.2) is 14.2 Å². The summed E-state index contributed by atoms with van der Waals surface area (Å²) in [5.41, 5.74) is -0.496. The fourth-order valence-electron chi connectivity index (χ4n) is 0.945. The van der Waals surface area contributed by atoms with Crippen molar-refractivity contribution in [3.63, 3.8) is 0 Å². The zero-order valence-electron chi connectivity index (χ0n) is 8.94. The van der Waals surface area contributed by atoms with Crippen LogP contribution in [0, 0.1) is 5.82 Å². The van der Waals surface area contributed by atoms with Gasteiger partial charge in [0.1, 0.15) is 0 Å². The van der Waals surface area contributed by atoms with Crippen LogP contribution in [0.3, 0.4) is 0 Å². The van der Waals surface area contributed by atoms with Crippen molar-refractivity contribution >= 4 is 12.2 Å². The van der Waals surface area contributed by atoms with Gasteiger partial charge in [0.25, 0.3) is 0 Å². The van der Waals surface area contributed by atoms with Gasteiger partial charge in [-0.2, -0.15) is 4.98 Å². The first-order valence-corrected chi connectivity index (χ1v) is 4.52. The van der Waals surface area contributed by atoms with Crippen molar-refractivity contribution in [2.75, 3.05) is 14.1 Å². The summed E-state index contributed by atoms with van der Waals surface area (Å²) in [6.07, 6.45) is 2.50. The molecule has 1 rings (SSSR count). The number of hydrogen-bond acceptors (Lipinski definition) is 3. The second-order valence-corrected chi connectivity index (χ2v) is 3.19. The highest BCUT2D eigenvalue weighted by atomic mass is 19.1. The van der Waals surface area contributed by atoms with Crippen LogP contribution in [0.2, 0.25) is 0 Å². The van der Waals surface area contributed by atoms with E-state index in [9.17, 15) is 9.18 Å². The molecule has 0 amide bonds. The van der Waals surface area contributed by atoms with Gasteiger partial charge >= 0.3 is 5.69 Å². The van der Waals surface area contributed by atoms with Crippen LogP contribution in [0.1, 0.15) is 6.92 Å². The largest absolute Gasteiger partial charge is 0.369 e. The molecule has 0 aromatic carbocycles. The second kappa shape index (κ2) is 4.68. The Balaban J connectivity index is 3.11. The van der Waals surface area contributed by atoms with Crippen LogP contribution in [-0.2, 0) is 6.54 Å². The molecule has 82 valence electrons. The molecule has 0 spiro atoms. The Kier molecular flexibility index (Phi) is 3.54. The van der Waals surface area contributed by atoms with Gasteiger partial charge in [-0.3, -0.25) is 4.57 Å². The van der Waals surface area contributed by atoms with Crippen molar-refractivity contribution < 1.29 is 4.39 Å². The van der Waals surface area contributed by atoms with Crippen molar-refractivity contribution in [1.82, 2.24) is 14.5 Å². The highest BCUT2D eigenvalue weighted by molar-refractivity contribution is 5.58. The number of aromatic nitrogens is 2. The predicted molar refractivity (Wildman–Crippen MR) is 56.0 cm³/mol. The molecule has 0 aliphatic rings. The van der Waals surface area contributed by atoms with Crippen molar-refractivity contribution in [3.05, 3.63) is 22.5 Å². The lowest BCUT2D eigenvalue weighted by molar-refractivity contribution is 0.575. The maximum Gasteiger partial charge on any atom is 0.349 e. The van der Waals surface area contributed by atoms with Gasteiger partial charge in [0.05, 0.1) is 6.34 Å². The van der Waals surface area contributed by atoms with Crippen LogP contribution in [0.15, 0.2) is 16.0 Å². The third-order valence-electron chi connectivity index (χ3n) is 1.68. The summed E-state index contributed by atoms with van der Waals surface area (Å²) in [5, 5.41) is 0. The molecule has 6 heteroatoms. The predicted octanol–water partition coefficient (Wildman–Crippen LogP) is 0.624. The van der Waals surface area contributed by atoms with Gasteiger partial charge in [0.2, 0.25) is 0 Å². The number of nitrogens with zero attached hydrogens (tertiary/aromatic N) is 4. The normalized spacial score (nSPS) is 10.9. The molecule has 1 aromatic rings. The third-order valence-corrected chi connectivity index (χ3v) is 1.68. The second-order valence-electron chi connectivity index (χ2n) is 3.19. The van der Waals surface area contributed by atoms with E-state index in [4.69, 9.17) is 0 Å². The van der Waals surface area contributed by atoms with E-state index in [1.807, 2.05) is 0 Å². The third kappa shape index (κ3) is 2.87. The first kappa shape index (κ1) is 11.4. The van der Waals surface area contributed by atoms with E-state index < -0.39 is 11.5 Å².